The highest BCUT2D eigenvalue weighted by atomic mass is 127. The molecule has 1 aromatic rings. The second-order valence-corrected chi connectivity index (χ2v) is 8.58. The van der Waals surface area contributed by atoms with Crippen LogP contribution in [0.15, 0.2) is 27.7 Å². The van der Waals surface area contributed by atoms with E-state index in [1.165, 1.54) is 19.3 Å². The number of carbonyl (C=O) groups excluding carboxylic acids is 1. The molecule has 0 spiro atoms. The van der Waals surface area contributed by atoms with Crippen LogP contribution in [0.1, 0.15) is 38.2 Å². The van der Waals surface area contributed by atoms with Crippen LogP contribution >= 0.6 is 51.7 Å². The van der Waals surface area contributed by atoms with Crippen LogP contribution < -0.4 is 16.0 Å². The number of thioether (sulfide) groups is 1. The van der Waals surface area contributed by atoms with Crippen molar-refractivity contribution in [2.75, 3.05) is 24.7 Å². The van der Waals surface area contributed by atoms with Gasteiger partial charge >= 0.3 is 0 Å². The molecule has 8 heteroatoms. The third-order valence-electron chi connectivity index (χ3n) is 4.49. The summed E-state index contributed by atoms with van der Waals surface area (Å²) in [5.41, 5.74) is 1.89. The highest BCUT2D eigenvalue weighted by molar-refractivity contribution is 14.0. The molecule has 0 bridgehead atoms. The van der Waals surface area contributed by atoms with E-state index in [1.54, 1.807) is 0 Å². The first kappa shape index (κ1) is 24.6. The Bertz CT molecular complexity index is 644. The van der Waals surface area contributed by atoms with Gasteiger partial charge in [-0.1, -0.05) is 22.0 Å². The number of rotatable bonds is 7. The van der Waals surface area contributed by atoms with Crippen LogP contribution in [0.25, 0.3) is 0 Å². The van der Waals surface area contributed by atoms with Gasteiger partial charge in [0.2, 0.25) is 5.91 Å². The number of hydrogen-bond acceptors (Lipinski definition) is 3. The zero-order valence-electron chi connectivity index (χ0n) is 16.2. The number of amides is 1. The average Bonchev–Trinajstić information content (AvgIpc) is 3.06. The monoisotopic (exact) mass is 568 g/mol. The standard InChI is InChI=1S/C19H29BrN4OS.HI/c1-4-21-19(23-15-7-8-16(12-15)26-3)22-10-9-18(25)24-17-11-14(20)6-5-13(17)2;/h5-6,11,15-16H,4,7-10,12H2,1-3H3,(H,24,25)(H2,21,22,23);1H. The lowest BCUT2D eigenvalue weighted by Gasteiger charge is -2.17. The van der Waals surface area contributed by atoms with Gasteiger partial charge in [-0.05, 0) is 57.1 Å². The number of benzene rings is 1. The van der Waals surface area contributed by atoms with E-state index in [4.69, 9.17) is 0 Å². The van der Waals surface area contributed by atoms with E-state index in [2.05, 4.69) is 50.1 Å². The highest BCUT2D eigenvalue weighted by Crippen LogP contribution is 2.28. The number of anilines is 1. The molecule has 5 nitrogen and oxygen atoms in total. The number of carbonyl (C=O) groups is 1. The lowest BCUT2D eigenvalue weighted by molar-refractivity contribution is -0.116. The summed E-state index contributed by atoms with van der Waals surface area (Å²) in [4.78, 5) is 16.8. The third-order valence-corrected chi connectivity index (χ3v) is 6.07. The molecule has 3 N–H and O–H groups in total. The predicted octanol–water partition coefficient (Wildman–Crippen LogP) is 4.54. The van der Waals surface area contributed by atoms with E-state index in [1.807, 2.05) is 36.9 Å². The van der Waals surface area contributed by atoms with Crippen LogP contribution in [0, 0.1) is 6.92 Å². The summed E-state index contributed by atoms with van der Waals surface area (Å²) in [5, 5.41) is 10.5. The summed E-state index contributed by atoms with van der Waals surface area (Å²) >= 11 is 5.38. The van der Waals surface area contributed by atoms with E-state index in [0.717, 1.165) is 33.5 Å². The van der Waals surface area contributed by atoms with Gasteiger partial charge in [-0.25, -0.2) is 0 Å². The number of guanidine groups is 1. The zero-order chi connectivity index (χ0) is 18.9. The Labute approximate surface area is 192 Å². The van der Waals surface area contributed by atoms with Gasteiger partial charge < -0.3 is 16.0 Å². The fourth-order valence-corrected chi connectivity index (χ4v) is 4.17. The first-order valence-corrected chi connectivity index (χ1v) is 11.2. The van der Waals surface area contributed by atoms with Crippen molar-refractivity contribution in [3.8, 4) is 0 Å². The molecule has 1 amide bonds. The number of aryl methyl sites for hydroxylation is 1. The number of aliphatic imine (C=N–C) groups is 1. The molecule has 1 aliphatic rings. The quantitative estimate of drug-likeness (QED) is 0.257. The summed E-state index contributed by atoms with van der Waals surface area (Å²) in [7, 11) is 0. The van der Waals surface area contributed by atoms with Crippen molar-refractivity contribution in [1.82, 2.24) is 10.6 Å². The molecular weight excluding hydrogens is 539 g/mol. The van der Waals surface area contributed by atoms with Crippen LogP contribution in [0.3, 0.4) is 0 Å². The topological polar surface area (TPSA) is 65.5 Å². The number of nitrogens with zero attached hydrogens (tertiary/aromatic N) is 1. The molecule has 0 aromatic heterocycles. The van der Waals surface area contributed by atoms with E-state index in [9.17, 15) is 4.79 Å². The van der Waals surface area contributed by atoms with Gasteiger partial charge in [-0.15, -0.1) is 24.0 Å². The Morgan fingerprint density at radius 1 is 1.37 bits per heavy atom. The largest absolute Gasteiger partial charge is 0.357 e. The smallest absolute Gasteiger partial charge is 0.226 e. The second kappa shape index (κ2) is 12.9. The molecule has 1 fully saturated rings. The first-order chi connectivity index (χ1) is 12.5. The maximum Gasteiger partial charge on any atom is 0.226 e. The normalized spacial score (nSPS) is 19.3. The Morgan fingerprint density at radius 3 is 2.81 bits per heavy atom. The van der Waals surface area contributed by atoms with Gasteiger partial charge in [0.25, 0.3) is 0 Å². The van der Waals surface area contributed by atoms with Gasteiger partial charge in [-0.2, -0.15) is 11.8 Å². The SMILES string of the molecule is CCNC(=NCCC(=O)Nc1cc(Br)ccc1C)NC1CCC(SC)C1.I. The fraction of sp³-hybridized carbons (Fsp3) is 0.579. The van der Waals surface area contributed by atoms with Crippen molar-refractivity contribution < 1.29 is 4.79 Å². The van der Waals surface area contributed by atoms with Crippen LogP contribution in [0.4, 0.5) is 5.69 Å². The van der Waals surface area contributed by atoms with E-state index >= 15 is 0 Å². The minimum Gasteiger partial charge on any atom is -0.357 e. The molecule has 0 heterocycles. The summed E-state index contributed by atoms with van der Waals surface area (Å²) in [6.45, 7) is 5.32. The summed E-state index contributed by atoms with van der Waals surface area (Å²) in [6.07, 6.45) is 6.15. The molecule has 2 rings (SSSR count). The molecule has 0 aliphatic heterocycles. The maximum atomic E-state index is 12.2. The lowest BCUT2D eigenvalue weighted by atomic mass is 10.2. The van der Waals surface area contributed by atoms with Crippen molar-refractivity contribution in [3.05, 3.63) is 28.2 Å². The molecule has 27 heavy (non-hydrogen) atoms. The van der Waals surface area contributed by atoms with Crippen LogP contribution in [0.5, 0.6) is 0 Å². The Balaban J connectivity index is 0.00000364. The minimum absolute atomic E-state index is 0. The molecule has 1 aliphatic carbocycles. The van der Waals surface area contributed by atoms with Gasteiger partial charge in [0.1, 0.15) is 0 Å². The Kier molecular flexibility index (Phi) is 11.7. The summed E-state index contributed by atoms with van der Waals surface area (Å²) in [6, 6.07) is 6.34. The maximum absolute atomic E-state index is 12.2. The molecule has 1 aromatic carbocycles. The molecular formula is C19H30BrIN4OS. The van der Waals surface area contributed by atoms with Crippen molar-refractivity contribution in [1.29, 1.82) is 0 Å². The average molecular weight is 569 g/mol. The van der Waals surface area contributed by atoms with Crippen LogP contribution in [0.2, 0.25) is 0 Å². The van der Waals surface area contributed by atoms with E-state index < -0.39 is 0 Å². The highest BCUT2D eigenvalue weighted by Gasteiger charge is 2.24. The molecule has 2 unspecified atom stereocenters. The van der Waals surface area contributed by atoms with E-state index in [0.29, 0.717) is 19.0 Å². The lowest BCUT2D eigenvalue weighted by Crippen LogP contribution is -2.42. The third kappa shape index (κ3) is 8.60. The Morgan fingerprint density at radius 2 is 2.15 bits per heavy atom. The molecule has 2 atom stereocenters. The number of hydrogen-bond donors (Lipinski definition) is 3. The first-order valence-electron chi connectivity index (χ1n) is 9.15. The fourth-order valence-electron chi connectivity index (χ4n) is 3.01. The van der Waals surface area contributed by atoms with Gasteiger partial charge in [0, 0.05) is 34.4 Å². The molecule has 0 saturated heterocycles. The van der Waals surface area contributed by atoms with Gasteiger partial charge in [0.05, 0.1) is 6.54 Å². The van der Waals surface area contributed by atoms with Crippen molar-refractivity contribution >= 4 is 69.2 Å². The van der Waals surface area contributed by atoms with Crippen molar-refractivity contribution in [3.63, 3.8) is 0 Å². The zero-order valence-corrected chi connectivity index (χ0v) is 20.9. The molecule has 1 saturated carbocycles. The van der Waals surface area contributed by atoms with Crippen LogP contribution in [-0.4, -0.2) is 42.5 Å². The number of halogens is 2. The van der Waals surface area contributed by atoms with Crippen molar-refractivity contribution in [2.24, 2.45) is 4.99 Å². The summed E-state index contributed by atoms with van der Waals surface area (Å²) in [5.74, 6) is 0.791. The summed E-state index contributed by atoms with van der Waals surface area (Å²) < 4.78 is 0.954. The van der Waals surface area contributed by atoms with E-state index in [-0.39, 0.29) is 29.9 Å². The Hall–Kier alpha value is -0.480. The van der Waals surface area contributed by atoms with Crippen LogP contribution in [-0.2, 0) is 4.79 Å². The predicted molar refractivity (Wildman–Crippen MR) is 132 cm³/mol. The van der Waals surface area contributed by atoms with Gasteiger partial charge in [-0.3, -0.25) is 9.79 Å². The number of nitrogens with one attached hydrogen (secondary N) is 3. The second-order valence-electron chi connectivity index (χ2n) is 6.53. The van der Waals surface area contributed by atoms with Crippen molar-refractivity contribution in [2.45, 2.75) is 50.8 Å². The minimum atomic E-state index is -0.0193. The molecule has 0 radical (unpaired) electrons. The van der Waals surface area contributed by atoms with Gasteiger partial charge in [0.15, 0.2) is 5.96 Å². The molecule has 152 valence electrons.